The van der Waals surface area contributed by atoms with E-state index in [-0.39, 0.29) is 37.4 Å². The van der Waals surface area contributed by atoms with E-state index in [1.165, 1.54) is 0 Å². The van der Waals surface area contributed by atoms with Gasteiger partial charge in [-0.25, -0.2) is 4.79 Å². The van der Waals surface area contributed by atoms with E-state index < -0.39 is 29.7 Å². The van der Waals surface area contributed by atoms with Gasteiger partial charge in [0.1, 0.15) is 17.7 Å². The van der Waals surface area contributed by atoms with Crippen molar-refractivity contribution >= 4 is 23.9 Å². The van der Waals surface area contributed by atoms with Gasteiger partial charge >= 0.3 is 12.1 Å². The summed E-state index contributed by atoms with van der Waals surface area (Å²) in [4.78, 5) is 52.9. The number of carbonyl (C=O) groups is 4. The third kappa shape index (κ3) is 8.24. The van der Waals surface area contributed by atoms with Crippen molar-refractivity contribution < 1.29 is 28.7 Å². The molecule has 1 aromatic carbocycles. The van der Waals surface area contributed by atoms with E-state index >= 15 is 0 Å². The first kappa shape index (κ1) is 29.1. The molecule has 2 N–H and O–H groups in total. The summed E-state index contributed by atoms with van der Waals surface area (Å²) in [6.07, 6.45) is 1.82. The molecule has 0 aromatic heterocycles. The van der Waals surface area contributed by atoms with Gasteiger partial charge in [0.25, 0.3) is 0 Å². The van der Waals surface area contributed by atoms with Crippen LogP contribution >= 0.6 is 0 Å². The summed E-state index contributed by atoms with van der Waals surface area (Å²) in [6.45, 7) is 12.9. The molecule has 36 heavy (non-hydrogen) atoms. The molecule has 200 valence electrons. The Hall–Kier alpha value is -3.10. The highest BCUT2D eigenvalue weighted by Crippen LogP contribution is 2.34. The molecule has 0 heterocycles. The highest BCUT2D eigenvalue weighted by molar-refractivity contribution is 5.92. The van der Waals surface area contributed by atoms with Crippen LogP contribution in [0.15, 0.2) is 18.2 Å². The molecule has 9 nitrogen and oxygen atoms in total. The number of aryl methyl sites for hydroxylation is 2. The summed E-state index contributed by atoms with van der Waals surface area (Å²) in [6, 6.07) is 3.74. The van der Waals surface area contributed by atoms with Gasteiger partial charge in [-0.2, -0.15) is 0 Å². The zero-order valence-electron chi connectivity index (χ0n) is 22.6. The number of alkyl carbamates (subject to hydrolysis) is 1. The zero-order valence-corrected chi connectivity index (χ0v) is 22.6. The number of carbonyl (C=O) groups excluding carboxylic acids is 4. The van der Waals surface area contributed by atoms with Crippen molar-refractivity contribution in [1.82, 2.24) is 15.5 Å². The second-order valence-corrected chi connectivity index (χ2v) is 10.3. The highest BCUT2D eigenvalue weighted by atomic mass is 16.6. The lowest BCUT2D eigenvalue weighted by Gasteiger charge is -2.43. The standard InChI is InChI=1S/C27H41N3O6/c1-8-35-22(31)14-15-28-24(32)23(20-13-12-17(2)18(3)16-20)30(21-10-9-11-21)25(33)19(4)29-26(34)36-27(5,6)7/h12-13,16,19,21,23H,8-11,14-15H2,1-7H3,(H,28,32)(H,29,34). The SMILES string of the molecule is CCOC(=O)CCNC(=O)C(c1ccc(C)c(C)c1)N(C(=O)C(C)NC(=O)OC(C)(C)C)C1CCC1. The summed E-state index contributed by atoms with van der Waals surface area (Å²) in [5, 5.41) is 5.42. The Morgan fingerprint density at radius 1 is 1.11 bits per heavy atom. The Balaban J connectivity index is 2.34. The van der Waals surface area contributed by atoms with Crippen LogP contribution < -0.4 is 10.6 Å². The van der Waals surface area contributed by atoms with Crippen LogP contribution in [0.5, 0.6) is 0 Å². The first-order valence-electron chi connectivity index (χ1n) is 12.7. The van der Waals surface area contributed by atoms with E-state index in [4.69, 9.17) is 9.47 Å². The Morgan fingerprint density at radius 2 is 1.78 bits per heavy atom. The van der Waals surface area contributed by atoms with Gasteiger partial charge in [0.05, 0.1) is 13.0 Å². The lowest BCUT2D eigenvalue weighted by molar-refractivity contribution is -0.147. The fourth-order valence-corrected chi connectivity index (χ4v) is 3.94. The lowest BCUT2D eigenvalue weighted by atomic mass is 9.87. The Bertz CT molecular complexity index is 951. The molecule has 1 aliphatic carbocycles. The number of rotatable bonds is 10. The van der Waals surface area contributed by atoms with Crippen molar-refractivity contribution in [3.8, 4) is 0 Å². The number of nitrogens with zero attached hydrogens (tertiary/aromatic N) is 1. The molecule has 9 heteroatoms. The van der Waals surface area contributed by atoms with Crippen LogP contribution in [-0.4, -0.2) is 59.6 Å². The molecule has 0 spiro atoms. The molecule has 0 saturated heterocycles. The molecule has 0 bridgehead atoms. The van der Waals surface area contributed by atoms with Gasteiger partial charge < -0.3 is 25.0 Å². The molecule has 2 atom stereocenters. The maximum absolute atomic E-state index is 13.7. The molecule has 2 unspecified atom stereocenters. The number of nitrogens with one attached hydrogen (secondary N) is 2. The zero-order chi connectivity index (χ0) is 27.0. The fraction of sp³-hybridized carbons (Fsp3) is 0.630. The van der Waals surface area contributed by atoms with Crippen molar-refractivity contribution in [1.29, 1.82) is 0 Å². The minimum Gasteiger partial charge on any atom is -0.466 e. The number of ether oxygens (including phenoxy) is 2. The van der Waals surface area contributed by atoms with Gasteiger partial charge in [0, 0.05) is 12.6 Å². The van der Waals surface area contributed by atoms with E-state index in [0.29, 0.717) is 5.56 Å². The van der Waals surface area contributed by atoms with Crippen molar-refractivity contribution in [3.05, 3.63) is 34.9 Å². The number of benzene rings is 1. The smallest absolute Gasteiger partial charge is 0.408 e. The largest absolute Gasteiger partial charge is 0.466 e. The summed E-state index contributed by atoms with van der Waals surface area (Å²) >= 11 is 0. The van der Waals surface area contributed by atoms with Gasteiger partial charge in [-0.15, -0.1) is 0 Å². The first-order chi connectivity index (χ1) is 16.8. The van der Waals surface area contributed by atoms with E-state index in [0.717, 1.165) is 30.4 Å². The maximum atomic E-state index is 13.7. The van der Waals surface area contributed by atoms with Crippen molar-refractivity contribution in [2.45, 2.75) is 97.9 Å². The number of esters is 1. The minimum atomic E-state index is -0.910. The van der Waals surface area contributed by atoms with Gasteiger partial charge in [0.15, 0.2) is 0 Å². The van der Waals surface area contributed by atoms with Crippen LogP contribution in [0.1, 0.15) is 83.0 Å². The van der Waals surface area contributed by atoms with E-state index in [1.807, 2.05) is 32.0 Å². The summed E-state index contributed by atoms with van der Waals surface area (Å²) < 4.78 is 10.3. The molecule has 0 radical (unpaired) electrons. The van der Waals surface area contributed by atoms with Crippen LogP contribution in [0.2, 0.25) is 0 Å². The maximum Gasteiger partial charge on any atom is 0.408 e. The number of hydrogen-bond acceptors (Lipinski definition) is 6. The normalized spacial score (nSPS) is 15.2. The molecule has 2 rings (SSSR count). The predicted molar refractivity (Wildman–Crippen MR) is 136 cm³/mol. The van der Waals surface area contributed by atoms with Gasteiger partial charge in [-0.1, -0.05) is 18.2 Å². The second-order valence-electron chi connectivity index (χ2n) is 10.3. The summed E-state index contributed by atoms with van der Waals surface area (Å²) in [5.74, 6) is -1.15. The van der Waals surface area contributed by atoms with E-state index in [9.17, 15) is 19.2 Å². The fourth-order valence-electron chi connectivity index (χ4n) is 3.94. The average molecular weight is 504 g/mol. The number of hydrogen-bond donors (Lipinski definition) is 2. The molecule has 0 aliphatic heterocycles. The average Bonchev–Trinajstić information content (AvgIpc) is 2.72. The second kappa shape index (κ2) is 12.7. The molecular weight excluding hydrogens is 462 g/mol. The van der Waals surface area contributed by atoms with Crippen molar-refractivity contribution in [2.75, 3.05) is 13.2 Å². The molecular formula is C27H41N3O6. The van der Waals surface area contributed by atoms with Crippen molar-refractivity contribution in [2.24, 2.45) is 0 Å². The van der Waals surface area contributed by atoms with Crippen LogP contribution in [-0.2, 0) is 23.9 Å². The first-order valence-corrected chi connectivity index (χ1v) is 12.7. The molecule has 3 amide bonds. The van der Waals surface area contributed by atoms with Crippen LogP contribution in [0.25, 0.3) is 0 Å². The summed E-state index contributed by atoms with van der Waals surface area (Å²) in [5.41, 5.74) is 2.04. The molecule has 1 aliphatic rings. The highest BCUT2D eigenvalue weighted by Gasteiger charge is 2.41. The van der Waals surface area contributed by atoms with Gasteiger partial charge in [-0.05, 0) is 84.4 Å². The van der Waals surface area contributed by atoms with Crippen LogP contribution in [0.3, 0.4) is 0 Å². The van der Waals surface area contributed by atoms with Crippen molar-refractivity contribution in [3.63, 3.8) is 0 Å². The predicted octanol–water partition coefficient (Wildman–Crippen LogP) is 3.71. The molecule has 1 aromatic rings. The van der Waals surface area contributed by atoms with E-state index in [2.05, 4.69) is 10.6 Å². The Morgan fingerprint density at radius 3 is 2.31 bits per heavy atom. The Kier molecular flexibility index (Phi) is 10.3. The third-order valence-corrected chi connectivity index (χ3v) is 6.13. The van der Waals surface area contributed by atoms with Crippen LogP contribution in [0.4, 0.5) is 4.79 Å². The summed E-state index contributed by atoms with van der Waals surface area (Å²) in [7, 11) is 0. The topological polar surface area (TPSA) is 114 Å². The lowest BCUT2D eigenvalue weighted by Crippen LogP contribution is -2.56. The van der Waals surface area contributed by atoms with E-state index in [1.54, 1.807) is 39.5 Å². The van der Waals surface area contributed by atoms with Gasteiger partial charge in [0.2, 0.25) is 11.8 Å². The van der Waals surface area contributed by atoms with Crippen LogP contribution in [0, 0.1) is 13.8 Å². The quantitative estimate of drug-likeness (QED) is 0.471. The minimum absolute atomic E-state index is 0.0349. The third-order valence-electron chi connectivity index (χ3n) is 6.13. The molecule has 1 fully saturated rings. The Labute approximate surface area is 214 Å². The van der Waals surface area contributed by atoms with Gasteiger partial charge in [-0.3, -0.25) is 14.4 Å². The monoisotopic (exact) mass is 503 g/mol. The molecule has 1 saturated carbocycles. The number of amides is 3.